The summed E-state index contributed by atoms with van der Waals surface area (Å²) in [5.74, 6) is 2.74. The number of thioether (sulfide) groups is 1. The summed E-state index contributed by atoms with van der Waals surface area (Å²) in [6.45, 7) is 4.86. The highest BCUT2D eigenvalue weighted by atomic mass is 32.2. The molecular weight excluding hydrogens is 326 g/mol. The van der Waals surface area contributed by atoms with E-state index in [1.807, 2.05) is 0 Å². The zero-order valence-electron chi connectivity index (χ0n) is 14.7. The van der Waals surface area contributed by atoms with E-state index in [2.05, 4.69) is 28.8 Å². The maximum Gasteiger partial charge on any atom is 0.306 e. The topological polar surface area (TPSA) is 117 Å². The summed E-state index contributed by atoms with van der Waals surface area (Å²) < 4.78 is 5.37. The molecule has 0 amide bonds. The predicted octanol–water partition coefficient (Wildman–Crippen LogP) is 2.46. The van der Waals surface area contributed by atoms with Crippen molar-refractivity contribution in [1.82, 2.24) is 15.0 Å². The van der Waals surface area contributed by atoms with Crippen LogP contribution in [0.25, 0.3) is 0 Å². The van der Waals surface area contributed by atoms with Gasteiger partial charge in [-0.15, -0.1) is 0 Å². The van der Waals surface area contributed by atoms with Gasteiger partial charge in [-0.25, -0.2) is 0 Å². The Morgan fingerprint density at radius 2 is 1.88 bits per heavy atom. The molecule has 1 aromatic rings. The van der Waals surface area contributed by atoms with E-state index in [9.17, 15) is 4.79 Å². The number of hydrogen-bond acceptors (Lipinski definition) is 8. The number of unbranched alkanes of at least 4 members (excludes halogenated alkanes) is 1. The van der Waals surface area contributed by atoms with Crippen LogP contribution in [0.5, 0.6) is 0 Å². The zero-order chi connectivity index (χ0) is 17.8. The van der Waals surface area contributed by atoms with E-state index in [4.69, 9.17) is 16.2 Å². The quantitative estimate of drug-likeness (QED) is 0.434. The Balaban J connectivity index is 2.12. The normalized spacial score (nSPS) is 12.1. The molecule has 0 radical (unpaired) electrons. The first kappa shape index (κ1) is 20.5. The van der Waals surface area contributed by atoms with Gasteiger partial charge in [-0.3, -0.25) is 4.79 Å². The van der Waals surface area contributed by atoms with Crippen LogP contribution in [0, 0.1) is 5.92 Å². The second-order valence-corrected chi connectivity index (χ2v) is 6.90. The number of nitrogens with two attached hydrogens (primary N) is 2. The van der Waals surface area contributed by atoms with E-state index < -0.39 is 0 Å². The van der Waals surface area contributed by atoms with Crippen molar-refractivity contribution in [1.29, 1.82) is 0 Å². The molecule has 0 aliphatic heterocycles. The molecule has 1 aromatic heterocycles. The van der Waals surface area contributed by atoms with Crippen LogP contribution in [0.3, 0.4) is 0 Å². The van der Waals surface area contributed by atoms with Crippen LogP contribution in [0.15, 0.2) is 0 Å². The number of rotatable bonds is 12. The molecule has 0 saturated heterocycles. The molecule has 136 valence electrons. The Hall–Kier alpha value is -1.57. The Morgan fingerprint density at radius 1 is 1.17 bits per heavy atom. The van der Waals surface area contributed by atoms with Gasteiger partial charge in [-0.05, 0) is 12.3 Å². The molecule has 0 aliphatic rings. The fourth-order valence-electron chi connectivity index (χ4n) is 2.17. The van der Waals surface area contributed by atoms with E-state index in [-0.39, 0.29) is 17.9 Å². The number of hydrogen-bond donors (Lipinski definition) is 2. The highest BCUT2D eigenvalue weighted by Crippen LogP contribution is 2.14. The van der Waals surface area contributed by atoms with Crippen molar-refractivity contribution in [3.63, 3.8) is 0 Å². The van der Waals surface area contributed by atoms with Crippen LogP contribution >= 0.6 is 11.8 Å². The smallest absolute Gasteiger partial charge is 0.306 e. The van der Waals surface area contributed by atoms with Crippen molar-refractivity contribution >= 4 is 29.6 Å². The maximum absolute atomic E-state index is 11.8. The molecule has 0 spiro atoms. The second kappa shape index (κ2) is 11.9. The van der Waals surface area contributed by atoms with Crippen molar-refractivity contribution < 1.29 is 9.53 Å². The summed E-state index contributed by atoms with van der Waals surface area (Å²) in [5, 5.41) is 0. The van der Waals surface area contributed by atoms with Gasteiger partial charge in [0.15, 0.2) is 0 Å². The van der Waals surface area contributed by atoms with Crippen LogP contribution in [-0.4, -0.2) is 39.0 Å². The predicted molar refractivity (Wildman–Crippen MR) is 98.6 cm³/mol. The molecule has 1 heterocycles. The first-order valence-corrected chi connectivity index (χ1v) is 9.69. The Morgan fingerprint density at radius 3 is 2.50 bits per heavy atom. The van der Waals surface area contributed by atoms with Crippen LogP contribution in [0.4, 0.5) is 11.9 Å². The lowest BCUT2D eigenvalue weighted by Gasteiger charge is -2.14. The van der Waals surface area contributed by atoms with Crippen molar-refractivity contribution in [3.8, 4) is 0 Å². The molecule has 7 nitrogen and oxygen atoms in total. The standard InChI is InChI=1S/C16H29N5O2S/c1-3-5-6-12(4-2)11-23-14(22)8-10-24-9-7-13-19-15(17)21-16(18)20-13/h12H,3-11H2,1-2H3,(H4,17,18,19,20,21). The zero-order valence-corrected chi connectivity index (χ0v) is 15.5. The maximum atomic E-state index is 11.8. The van der Waals surface area contributed by atoms with Crippen molar-refractivity contribution in [3.05, 3.63) is 5.82 Å². The molecule has 4 N–H and O–H groups in total. The van der Waals surface area contributed by atoms with Crippen LogP contribution < -0.4 is 11.5 Å². The molecule has 1 rings (SSSR count). The third kappa shape index (κ3) is 8.90. The lowest BCUT2D eigenvalue weighted by atomic mass is 10.0. The summed E-state index contributed by atoms with van der Waals surface area (Å²) in [5.41, 5.74) is 11.0. The SMILES string of the molecule is CCCCC(CC)COC(=O)CCSCCc1nc(N)nc(N)n1. The minimum Gasteiger partial charge on any atom is -0.465 e. The van der Waals surface area contributed by atoms with Gasteiger partial charge >= 0.3 is 5.97 Å². The number of anilines is 2. The Labute approximate surface area is 148 Å². The lowest BCUT2D eigenvalue weighted by Crippen LogP contribution is -2.14. The van der Waals surface area contributed by atoms with Crippen molar-refractivity contribution in [2.45, 2.75) is 52.4 Å². The third-order valence-corrected chi connectivity index (χ3v) is 4.65. The minimum atomic E-state index is -0.119. The van der Waals surface area contributed by atoms with Gasteiger partial charge in [0.2, 0.25) is 11.9 Å². The Bertz CT molecular complexity index is 481. The average molecular weight is 356 g/mol. The van der Waals surface area contributed by atoms with E-state index >= 15 is 0 Å². The van der Waals surface area contributed by atoms with Crippen LogP contribution in [-0.2, 0) is 16.0 Å². The number of carbonyl (C=O) groups excluding carboxylic acids is 1. The van der Waals surface area contributed by atoms with Gasteiger partial charge in [0.05, 0.1) is 13.0 Å². The van der Waals surface area contributed by atoms with Crippen molar-refractivity contribution in [2.24, 2.45) is 5.92 Å². The Kier molecular flexibility index (Phi) is 10.1. The fraction of sp³-hybridized carbons (Fsp3) is 0.750. The monoisotopic (exact) mass is 355 g/mol. The van der Waals surface area contributed by atoms with E-state index in [1.54, 1.807) is 11.8 Å². The number of carbonyl (C=O) groups is 1. The number of aryl methyl sites for hydroxylation is 1. The van der Waals surface area contributed by atoms with Gasteiger partial charge in [0, 0.05) is 17.9 Å². The average Bonchev–Trinajstić information content (AvgIpc) is 2.54. The van der Waals surface area contributed by atoms with E-state index in [0.717, 1.165) is 24.3 Å². The molecule has 8 heteroatoms. The van der Waals surface area contributed by atoms with Crippen LogP contribution in [0.1, 0.15) is 51.8 Å². The molecule has 24 heavy (non-hydrogen) atoms. The fourth-order valence-corrected chi connectivity index (χ4v) is 3.01. The van der Waals surface area contributed by atoms with Gasteiger partial charge in [-0.1, -0.05) is 33.1 Å². The first-order chi connectivity index (χ1) is 11.5. The van der Waals surface area contributed by atoms with Gasteiger partial charge in [0.1, 0.15) is 5.82 Å². The van der Waals surface area contributed by atoms with Crippen molar-refractivity contribution in [2.75, 3.05) is 29.6 Å². The molecule has 0 fully saturated rings. The van der Waals surface area contributed by atoms with E-state index in [1.165, 1.54) is 12.8 Å². The number of esters is 1. The summed E-state index contributed by atoms with van der Waals surface area (Å²) in [4.78, 5) is 23.5. The molecule has 1 atom stereocenters. The first-order valence-electron chi connectivity index (χ1n) is 8.54. The third-order valence-electron chi connectivity index (χ3n) is 3.66. The summed E-state index contributed by atoms with van der Waals surface area (Å²) >= 11 is 1.66. The second-order valence-electron chi connectivity index (χ2n) is 5.68. The van der Waals surface area contributed by atoms with E-state index in [0.29, 0.717) is 31.2 Å². The van der Waals surface area contributed by atoms with Gasteiger partial charge in [0.25, 0.3) is 0 Å². The van der Waals surface area contributed by atoms with Crippen LogP contribution in [0.2, 0.25) is 0 Å². The minimum absolute atomic E-state index is 0.119. The molecule has 0 aromatic carbocycles. The van der Waals surface area contributed by atoms with Gasteiger partial charge in [-0.2, -0.15) is 26.7 Å². The largest absolute Gasteiger partial charge is 0.465 e. The molecule has 0 saturated carbocycles. The number of aromatic nitrogens is 3. The highest BCUT2D eigenvalue weighted by molar-refractivity contribution is 7.99. The molecular formula is C16H29N5O2S. The summed E-state index contributed by atoms with van der Waals surface area (Å²) in [7, 11) is 0. The number of nitrogen functional groups attached to an aromatic ring is 2. The molecule has 0 aliphatic carbocycles. The van der Waals surface area contributed by atoms with Gasteiger partial charge < -0.3 is 16.2 Å². The molecule has 0 bridgehead atoms. The highest BCUT2D eigenvalue weighted by Gasteiger charge is 2.10. The summed E-state index contributed by atoms with van der Waals surface area (Å²) in [6.07, 6.45) is 5.63. The molecule has 1 unspecified atom stereocenters. The lowest BCUT2D eigenvalue weighted by molar-refractivity contribution is -0.144. The number of ether oxygens (including phenoxy) is 1. The summed E-state index contributed by atoms with van der Waals surface area (Å²) in [6, 6.07) is 0. The number of nitrogens with zero attached hydrogens (tertiary/aromatic N) is 3.